The second-order valence-electron chi connectivity index (χ2n) is 5.51. The van der Waals surface area contributed by atoms with Crippen LogP contribution in [0.3, 0.4) is 0 Å². The Morgan fingerprint density at radius 1 is 1.40 bits per heavy atom. The number of nitrogens with zero attached hydrogens (tertiary/aromatic N) is 1. The van der Waals surface area contributed by atoms with Crippen LogP contribution in [-0.2, 0) is 11.3 Å². The first-order valence-electron chi connectivity index (χ1n) is 7.30. The number of hydrogen-bond donors (Lipinski definition) is 1. The van der Waals surface area contributed by atoms with Gasteiger partial charge in [0.2, 0.25) is 0 Å². The van der Waals surface area contributed by atoms with E-state index in [4.69, 9.17) is 4.74 Å². The van der Waals surface area contributed by atoms with Gasteiger partial charge in [-0.2, -0.15) is 0 Å². The highest BCUT2D eigenvalue weighted by Crippen LogP contribution is 2.26. The molecule has 1 aliphatic rings. The average molecular weight is 277 g/mol. The van der Waals surface area contributed by atoms with Crippen LogP contribution in [0.15, 0.2) is 24.3 Å². The van der Waals surface area contributed by atoms with Gasteiger partial charge in [0.1, 0.15) is 11.8 Å². The molecular weight excluding hydrogens is 254 g/mol. The molecule has 1 aliphatic heterocycles. The molecule has 4 heteroatoms. The van der Waals surface area contributed by atoms with Gasteiger partial charge in [0.05, 0.1) is 6.61 Å². The average Bonchev–Trinajstić information content (AvgIpc) is 2.79. The van der Waals surface area contributed by atoms with E-state index in [0.717, 1.165) is 37.3 Å². The molecule has 1 aromatic carbocycles. The van der Waals surface area contributed by atoms with Crippen LogP contribution in [0, 0.1) is 5.92 Å². The summed E-state index contributed by atoms with van der Waals surface area (Å²) >= 11 is 0. The molecule has 2 atom stereocenters. The van der Waals surface area contributed by atoms with Gasteiger partial charge in [0.25, 0.3) is 0 Å². The van der Waals surface area contributed by atoms with E-state index in [0.29, 0.717) is 6.54 Å². The van der Waals surface area contributed by atoms with Crippen LogP contribution < -0.4 is 4.74 Å². The van der Waals surface area contributed by atoms with Crippen molar-refractivity contribution < 1.29 is 14.6 Å². The molecule has 1 saturated heterocycles. The van der Waals surface area contributed by atoms with Gasteiger partial charge in [0, 0.05) is 6.54 Å². The van der Waals surface area contributed by atoms with Crippen LogP contribution in [0.4, 0.5) is 0 Å². The number of carboxylic acid groups (broad SMARTS) is 1. The number of carboxylic acids is 1. The Kier molecular flexibility index (Phi) is 5.01. The van der Waals surface area contributed by atoms with Crippen LogP contribution in [0.2, 0.25) is 0 Å². The molecule has 2 unspecified atom stereocenters. The van der Waals surface area contributed by atoms with Crippen molar-refractivity contribution in [2.24, 2.45) is 5.92 Å². The Morgan fingerprint density at radius 3 is 2.70 bits per heavy atom. The summed E-state index contributed by atoms with van der Waals surface area (Å²) in [6.07, 6.45) is 1.95. The van der Waals surface area contributed by atoms with Crippen LogP contribution in [0.1, 0.15) is 32.3 Å². The minimum Gasteiger partial charge on any atom is -0.494 e. The zero-order chi connectivity index (χ0) is 14.5. The molecule has 0 aliphatic carbocycles. The second kappa shape index (κ2) is 6.75. The van der Waals surface area contributed by atoms with Crippen molar-refractivity contribution in [3.63, 3.8) is 0 Å². The Morgan fingerprint density at radius 2 is 2.10 bits per heavy atom. The second-order valence-corrected chi connectivity index (χ2v) is 5.51. The van der Waals surface area contributed by atoms with Gasteiger partial charge in [-0.25, -0.2) is 0 Å². The largest absolute Gasteiger partial charge is 0.494 e. The third-order valence-corrected chi connectivity index (χ3v) is 3.84. The minimum atomic E-state index is -0.710. The predicted molar refractivity (Wildman–Crippen MR) is 77.8 cm³/mol. The smallest absolute Gasteiger partial charge is 0.321 e. The third-order valence-electron chi connectivity index (χ3n) is 3.84. The SMILES string of the molecule is CCCOc1ccc(CN2CCC(C)C2C(=O)O)cc1. The molecule has 0 amide bonds. The zero-order valence-corrected chi connectivity index (χ0v) is 12.2. The summed E-state index contributed by atoms with van der Waals surface area (Å²) in [5.74, 6) is 0.387. The van der Waals surface area contributed by atoms with E-state index < -0.39 is 5.97 Å². The molecular formula is C16H23NO3. The van der Waals surface area contributed by atoms with Crippen LogP contribution in [-0.4, -0.2) is 35.2 Å². The highest BCUT2D eigenvalue weighted by molar-refractivity contribution is 5.74. The molecule has 20 heavy (non-hydrogen) atoms. The fourth-order valence-corrected chi connectivity index (χ4v) is 2.75. The van der Waals surface area contributed by atoms with Gasteiger partial charge >= 0.3 is 5.97 Å². The fraction of sp³-hybridized carbons (Fsp3) is 0.562. The van der Waals surface area contributed by atoms with Crippen molar-refractivity contribution in [1.29, 1.82) is 0 Å². The van der Waals surface area contributed by atoms with Crippen molar-refractivity contribution >= 4 is 5.97 Å². The highest BCUT2D eigenvalue weighted by atomic mass is 16.5. The maximum absolute atomic E-state index is 11.3. The first kappa shape index (κ1) is 14.9. The lowest BCUT2D eigenvalue weighted by atomic mass is 10.0. The van der Waals surface area contributed by atoms with Gasteiger partial charge in [-0.05, 0) is 43.0 Å². The summed E-state index contributed by atoms with van der Waals surface area (Å²) in [4.78, 5) is 13.4. The fourth-order valence-electron chi connectivity index (χ4n) is 2.75. The van der Waals surface area contributed by atoms with E-state index in [9.17, 15) is 9.90 Å². The Hall–Kier alpha value is -1.55. The zero-order valence-electron chi connectivity index (χ0n) is 12.2. The predicted octanol–water partition coefficient (Wildman–Crippen LogP) is 2.77. The van der Waals surface area contributed by atoms with E-state index in [1.165, 1.54) is 0 Å². The van der Waals surface area contributed by atoms with Gasteiger partial charge in [-0.15, -0.1) is 0 Å². The third kappa shape index (κ3) is 3.51. The number of ether oxygens (including phenoxy) is 1. The molecule has 0 radical (unpaired) electrons. The van der Waals surface area contributed by atoms with Crippen molar-refractivity contribution in [3.8, 4) is 5.75 Å². The lowest BCUT2D eigenvalue weighted by molar-refractivity contribution is -0.143. The number of aliphatic carboxylic acids is 1. The minimum absolute atomic E-state index is 0.222. The van der Waals surface area contributed by atoms with Gasteiger partial charge < -0.3 is 9.84 Å². The van der Waals surface area contributed by atoms with E-state index in [1.54, 1.807) is 0 Å². The van der Waals surface area contributed by atoms with Gasteiger partial charge in [-0.3, -0.25) is 9.69 Å². The Balaban J connectivity index is 1.97. The lowest BCUT2D eigenvalue weighted by Crippen LogP contribution is -2.38. The highest BCUT2D eigenvalue weighted by Gasteiger charge is 2.36. The molecule has 2 rings (SSSR count). The number of carbonyl (C=O) groups is 1. The summed E-state index contributed by atoms with van der Waals surface area (Å²) in [5, 5.41) is 9.31. The summed E-state index contributed by atoms with van der Waals surface area (Å²) in [6.45, 7) is 6.36. The maximum Gasteiger partial charge on any atom is 0.321 e. The monoisotopic (exact) mass is 277 g/mol. The standard InChI is InChI=1S/C16H23NO3/c1-3-10-20-14-6-4-13(5-7-14)11-17-9-8-12(2)15(17)16(18)19/h4-7,12,15H,3,8-11H2,1-2H3,(H,18,19). The molecule has 1 heterocycles. The van der Waals surface area contributed by atoms with E-state index >= 15 is 0 Å². The molecule has 1 fully saturated rings. The number of rotatable bonds is 6. The van der Waals surface area contributed by atoms with E-state index in [1.807, 2.05) is 31.2 Å². The Labute approximate surface area is 120 Å². The number of hydrogen-bond acceptors (Lipinski definition) is 3. The first-order valence-corrected chi connectivity index (χ1v) is 7.30. The number of benzene rings is 1. The van der Waals surface area contributed by atoms with Crippen molar-refractivity contribution in [2.45, 2.75) is 39.3 Å². The summed E-state index contributed by atoms with van der Waals surface area (Å²) in [5.41, 5.74) is 1.13. The van der Waals surface area contributed by atoms with Crippen LogP contribution in [0.5, 0.6) is 5.75 Å². The van der Waals surface area contributed by atoms with Crippen LogP contribution >= 0.6 is 0 Å². The van der Waals surface area contributed by atoms with Gasteiger partial charge in [-0.1, -0.05) is 26.0 Å². The quantitative estimate of drug-likeness (QED) is 0.868. The van der Waals surface area contributed by atoms with Gasteiger partial charge in [0.15, 0.2) is 0 Å². The molecule has 0 saturated carbocycles. The van der Waals surface area contributed by atoms with E-state index in [2.05, 4.69) is 11.8 Å². The molecule has 110 valence electrons. The first-order chi connectivity index (χ1) is 9.61. The molecule has 1 aromatic rings. The molecule has 1 N–H and O–H groups in total. The lowest BCUT2D eigenvalue weighted by Gasteiger charge is -2.23. The summed E-state index contributed by atoms with van der Waals surface area (Å²) in [7, 11) is 0. The topological polar surface area (TPSA) is 49.8 Å². The Bertz CT molecular complexity index is 444. The van der Waals surface area contributed by atoms with Crippen molar-refractivity contribution in [3.05, 3.63) is 29.8 Å². The summed E-state index contributed by atoms with van der Waals surface area (Å²) < 4.78 is 5.55. The van der Waals surface area contributed by atoms with Crippen LogP contribution in [0.25, 0.3) is 0 Å². The molecule has 0 aromatic heterocycles. The van der Waals surface area contributed by atoms with E-state index in [-0.39, 0.29) is 12.0 Å². The maximum atomic E-state index is 11.3. The molecule has 4 nitrogen and oxygen atoms in total. The number of likely N-dealkylation sites (tertiary alicyclic amines) is 1. The molecule has 0 spiro atoms. The molecule has 0 bridgehead atoms. The van der Waals surface area contributed by atoms with Crippen molar-refractivity contribution in [2.75, 3.05) is 13.2 Å². The normalized spacial score (nSPS) is 22.9. The van der Waals surface area contributed by atoms with Crippen molar-refractivity contribution in [1.82, 2.24) is 4.90 Å². The summed E-state index contributed by atoms with van der Waals surface area (Å²) in [6, 6.07) is 7.60.